The van der Waals surface area contributed by atoms with Gasteiger partial charge >= 0.3 is 0 Å². The Morgan fingerprint density at radius 3 is 2.33 bits per heavy atom. The first kappa shape index (κ1) is 23.7. The fraction of sp³-hybridized carbons (Fsp3) is 0.409. The summed E-state index contributed by atoms with van der Waals surface area (Å²) in [6.45, 7) is 7.81. The molecule has 0 amide bonds. The minimum atomic E-state index is -3.40. The van der Waals surface area contributed by atoms with E-state index in [4.69, 9.17) is 4.74 Å². The number of benzene rings is 2. The van der Waals surface area contributed by atoms with Crippen molar-refractivity contribution in [3.05, 3.63) is 65.7 Å². The molecule has 0 saturated heterocycles. The second-order valence-electron chi connectivity index (χ2n) is 7.08. The molecule has 8 heteroatoms. The Morgan fingerprint density at radius 1 is 1.00 bits per heavy atom. The first-order valence-corrected chi connectivity index (χ1v) is 11.8. The van der Waals surface area contributed by atoms with Crippen LogP contribution in [0.15, 0.2) is 59.6 Å². The Labute approximate surface area is 180 Å². The van der Waals surface area contributed by atoms with Gasteiger partial charge in [0, 0.05) is 12.6 Å². The highest BCUT2D eigenvalue weighted by molar-refractivity contribution is 7.88. The van der Waals surface area contributed by atoms with Crippen LogP contribution in [-0.2, 0) is 22.3 Å². The first-order chi connectivity index (χ1) is 14.4. The van der Waals surface area contributed by atoms with Gasteiger partial charge in [-0.1, -0.05) is 42.5 Å². The lowest BCUT2D eigenvalue weighted by atomic mass is 10.1. The summed E-state index contributed by atoms with van der Waals surface area (Å²) in [5, 5.41) is 6.44. The van der Waals surface area contributed by atoms with Crippen molar-refractivity contribution in [2.75, 3.05) is 19.7 Å². The number of aliphatic imine (C=N–C) groups is 1. The molecule has 0 fully saturated rings. The quantitative estimate of drug-likeness (QED) is 0.288. The van der Waals surface area contributed by atoms with E-state index < -0.39 is 10.0 Å². The van der Waals surface area contributed by atoms with Crippen molar-refractivity contribution in [3.63, 3.8) is 0 Å². The molecule has 0 aliphatic rings. The summed E-state index contributed by atoms with van der Waals surface area (Å²) in [5.74, 6) is 1.42. The molecule has 3 N–H and O–H groups in total. The van der Waals surface area contributed by atoms with Crippen LogP contribution < -0.4 is 20.1 Å². The topological polar surface area (TPSA) is 91.8 Å². The standard InChI is InChI=1S/C22H32N4O3S/c1-4-23-22(24-14-15-29-21-12-6-5-7-13-21)25-16-19-10-8-9-11-20(19)17-30(27,28)26-18(2)3/h5-13,18,26H,4,14-17H2,1-3H3,(H2,23,24,25). The summed E-state index contributed by atoms with van der Waals surface area (Å²) in [6, 6.07) is 17.0. The van der Waals surface area contributed by atoms with E-state index in [1.165, 1.54) is 0 Å². The molecule has 0 radical (unpaired) electrons. The monoisotopic (exact) mass is 432 g/mol. The molecular formula is C22H32N4O3S. The van der Waals surface area contributed by atoms with Crippen LogP contribution in [0.4, 0.5) is 0 Å². The van der Waals surface area contributed by atoms with E-state index in [1.54, 1.807) is 0 Å². The van der Waals surface area contributed by atoms with E-state index >= 15 is 0 Å². The summed E-state index contributed by atoms with van der Waals surface area (Å²) >= 11 is 0. The maximum Gasteiger partial charge on any atom is 0.216 e. The molecular weight excluding hydrogens is 400 g/mol. The second-order valence-corrected chi connectivity index (χ2v) is 8.84. The SMILES string of the molecule is CCNC(=NCc1ccccc1CS(=O)(=O)NC(C)C)NCCOc1ccccc1. The van der Waals surface area contributed by atoms with Gasteiger partial charge in [-0.05, 0) is 44.0 Å². The van der Waals surface area contributed by atoms with Gasteiger partial charge in [0.1, 0.15) is 12.4 Å². The lowest BCUT2D eigenvalue weighted by Crippen LogP contribution is -2.39. The molecule has 0 aromatic heterocycles. The lowest BCUT2D eigenvalue weighted by Gasteiger charge is -2.14. The summed E-state index contributed by atoms with van der Waals surface area (Å²) < 4.78 is 32.9. The highest BCUT2D eigenvalue weighted by Crippen LogP contribution is 2.14. The van der Waals surface area contributed by atoms with Gasteiger partial charge in [-0.15, -0.1) is 0 Å². The van der Waals surface area contributed by atoms with Crippen LogP contribution in [0.2, 0.25) is 0 Å². The Balaban J connectivity index is 1.96. The highest BCUT2D eigenvalue weighted by Gasteiger charge is 2.15. The van der Waals surface area contributed by atoms with Gasteiger partial charge in [-0.25, -0.2) is 18.1 Å². The number of hydrogen-bond donors (Lipinski definition) is 3. The molecule has 2 rings (SSSR count). The van der Waals surface area contributed by atoms with Crippen molar-refractivity contribution in [3.8, 4) is 5.75 Å². The molecule has 0 spiro atoms. The van der Waals surface area contributed by atoms with Gasteiger partial charge in [0.25, 0.3) is 0 Å². The molecule has 0 heterocycles. The Kier molecular flexibility index (Phi) is 9.63. The number of para-hydroxylation sites is 1. The number of hydrogen-bond acceptors (Lipinski definition) is 4. The second kappa shape index (κ2) is 12.2. The van der Waals surface area contributed by atoms with Gasteiger partial charge in [-0.2, -0.15) is 0 Å². The van der Waals surface area contributed by atoms with E-state index in [0.29, 0.717) is 25.7 Å². The molecule has 164 valence electrons. The van der Waals surface area contributed by atoms with Crippen LogP contribution in [0.1, 0.15) is 31.9 Å². The van der Waals surface area contributed by atoms with Crippen molar-refractivity contribution in [1.82, 2.24) is 15.4 Å². The van der Waals surface area contributed by atoms with Gasteiger partial charge in [0.15, 0.2) is 5.96 Å². The zero-order valence-corrected chi connectivity index (χ0v) is 18.7. The fourth-order valence-electron chi connectivity index (χ4n) is 2.82. The maximum atomic E-state index is 12.3. The number of sulfonamides is 1. The number of rotatable bonds is 11. The Morgan fingerprint density at radius 2 is 1.67 bits per heavy atom. The predicted molar refractivity (Wildman–Crippen MR) is 122 cm³/mol. The summed E-state index contributed by atoms with van der Waals surface area (Å²) in [7, 11) is -3.40. The molecule has 2 aromatic carbocycles. The molecule has 0 aliphatic heterocycles. The Bertz CT molecular complexity index is 900. The van der Waals surface area contributed by atoms with Crippen LogP contribution >= 0.6 is 0 Å². The van der Waals surface area contributed by atoms with Gasteiger partial charge < -0.3 is 15.4 Å². The predicted octanol–water partition coefficient (Wildman–Crippen LogP) is 2.65. The number of guanidine groups is 1. The number of nitrogens with one attached hydrogen (secondary N) is 3. The van der Waals surface area contributed by atoms with Crippen molar-refractivity contribution < 1.29 is 13.2 Å². The third kappa shape index (κ3) is 8.84. The van der Waals surface area contributed by atoms with Gasteiger partial charge in [0.05, 0.1) is 18.8 Å². The lowest BCUT2D eigenvalue weighted by molar-refractivity contribution is 0.322. The van der Waals surface area contributed by atoms with Gasteiger partial charge in [-0.3, -0.25) is 0 Å². The molecule has 2 aromatic rings. The summed E-state index contributed by atoms with van der Waals surface area (Å²) in [6.07, 6.45) is 0. The van der Waals surface area contributed by atoms with E-state index in [2.05, 4.69) is 20.3 Å². The molecule has 30 heavy (non-hydrogen) atoms. The largest absolute Gasteiger partial charge is 0.492 e. The van der Waals surface area contributed by atoms with Crippen LogP contribution in [0.3, 0.4) is 0 Å². The minimum absolute atomic E-state index is 0.0637. The number of ether oxygens (including phenoxy) is 1. The van der Waals surface area contributed by atoms with Crippen molar-refractivity contribution in [2.24, 2.45) is 4.99 Å². The van der Waals surface area contributed by atoms with Crippen LogP contribution in [0, 0.1) is 0 Å². The van der Waals surface area contributed by atoms with E-state index in [0.717, 1.165) is 23.4 Å². The van der Waals surface area contributed by atoms with Crippen LogP contribution in [0.25, 0.3) is 0 Å². The van der Waals surface area contributed by atoms with Crippen molar-refractivity contribution in [2.45, 2.75) is 39.1 Å². The molecule has 0 unspecified atom stereocenters. The van der Waals surface area contributed by atoms with E-state index in [1.807, 2.05) is 75.4 Å². The van der Waals surface area contributed by atoms with E-state index in [-0.39, 0.29) is 11.8 Å². The van der Waals surface area contributed by atoms with Crippen molar-refractivity contribution >= 4 is 16.0 Å². The Hall–Kier alpha value is -2.58. The minimum Gasteiger partial charge on any atom is -0.492 e. The smallest absolute Gasteiger partial charge is 0.216 e. The molecule has 0 aliphatic carbocycles. The molecule has 0 saturated carbocycles. The van der Waals surface area contributed by atoms with Crippen LogP contribution in [0.5, 0.6) is 5.75 Å². The third-order valence-electron chi connectivity index (χ3n) is 4.04. The average molecular weight is 433 g/mol. The van der Waals surface area contributed by atoms with Crippen LogP contribution in [-0.4, -0.2) is 40.1 Å². The molecule has 7 nitrogen and oxygen atoms in total. The van der Waals surface area contributed by atoms with Crippen molar-refractivity contribution in [1.29, 1.82) is 0 Å². The summed E-state index contributed by atoms with van der Waals surface area (Å²) in [5.41, 5.74) is 1.63. The molecule has 0 atom stereocenters. The zero-order valence-electron chi connectivity index (χ0n) is 17.9. The first-order valence-electron chi connectivity index (χ1n) is 10.2. The highest BCUT2D eigenvalue weighted by atomic mass is 32.2. The fourth-order valence-corrected chi connectivity index (χ4v) is 4.31. The average Bonchev–Trinajstić information content (AvgIpc) is 2.69. The number of nitrogens with zero attached hydrogens (tertiary/aromatic N) is 1. The summed E-state index contributed by atoms with van der Waals surface area (Å²) in [4.78, 5) is 4.60. The maximum absolute atomic E-state index is 12.3. The van der Waals surface area contributed by atoms with Gasteiger partial charge in [0.2, 0.25) is 10.0 Å². The third-order valence-corrected chi connectivity index (χ3v) is 5.56. The molecule has 0 bridgehead atoms. The normalized spacial score (nSPS) is 12.1. The van der Waals surface area contributed by atoms with E-state index in [9.17, 15) is 8.42 Å². The zero-order chi connectivity index (χ0) is 21.8.